The van der Waals surface area contributed by atoms with Gasteiger partial charge in [0.05, 0.1) is 5.75 Å². The summed E-state index contributed by atoms with van der Waals surface area (Å²) in [5, 5.41) is 0.728. The van der Waals surface area contributed by atoms with E-state index < -0.39 is 0 Å². The molecule has 33 heavy (non-hydrogen) atoms. The molecule has 2 aromatic heterocycles. The monoisotopic (exact) mass is 465 g/mol. The van der Waals surface area contributed by atoms with E-state index in [1.54, 1.807) is 18.0 Å². The van der Waals surface area contributed by atoms with E-state index >= 15 is 0 Å². The van der Waals surface area contributed by atoms with Gasteiger partial charge in [-0.25, -0.2) is 9.97 Å². The van der Waals surface area contributed by atoms with Crippen LogP contribution in [0.3, 0.4) is 0 Å². The molecule has 0 radical (unpaired) electrons. The number of benzene rings is 1. The molecule has 0 unspecified atom stereocenters. The van der Waals surface area contributed by atoms with E-state index in [9.17, 15) is 4.79 Å². The average Bonchev–Trinajstić information content (AvgIpc) is 3.31. The number of rotatable bonds is 8. The number of thioether (sulfide) groups is 1. The highest BCUT2D eigenvalue weighted by molar-refractivity contribution is 7.98. The molecule has 4 rings (SSSR count). The van der Waals surface area contributed by atoms with Crippen LogP contribution in [0, 0.1) is 6.92 Å². The van der Waals surface area contributed by atoms with Crippen molar-refractivity contribution in [3.8, 4) is 0 Å². The van der Waals surface area contributed by atoms with Crippen LogP contribution < -0.4 is 4.90 Å². The molecule has 1 fully saturated rings. The van der Waals surface area contributed by atoms with Crippen LogP contribution in [0.5, 0.6) is 0 Å². The molecule has 1 amide bonds. The molecule has 1 aliphatic heterocycles. The summed E-state index contributed by atoms with van der Waals surface area (Å²) in [5.41, 5.74) is 2.31. The third-order valence-corrected chi connectivity index (χ3v) is 6.67. The molecule has 1 aliphatic rings. The SMILES string of the molecule is CCN(C)C(=O)c1ccc(CSc2nc(C)cc(N3CCN(Cc4ccccc4)CC3)n2)o1. The van der Waals surface area contributed by atoms with Crippen LogP contribution in [0.15, 0.2) is 58.1 Å². The number of furan rings is 1. The molecule has 174 valence electrons. The summed E-state index contributed by atoms with van der Waals surface area (Å²) in [5.74, 6) is 2.57. The van der Waals surface area contributed by atoms with Gasteiger partial charge in [0.25, 0.3) is 5.91 Å². The Bertz CT molecular complexity index is 1060. The largest absolute Gasteiger partial charge is 0.455 e. The fourth-order valence-corrected chi connectivity index (χ4v) is 4.56. The summed E-state index contributed by atoms with van der Waals surface area (Å²) in [7, 11) is 1.77. The maximum atomic E-state index is 12.2. The molecule has 0 bridgehead atoms. The average molecular weight is 466 g/mol. The number of amides is 1. The minimum absolute atomic E-state index is 0.103. The number of piperazine rings is 1. The van der Waals surface area contributed by atoms with Gasteiger partial charge >= 0.3 is 0 Å². The summed E-state index contributed by atoms with van der Waals surface area (Å²) < 4.78 is 5.74. The van der Waals surface area contributed by atoms with Crippen molar-refractivity contribution in [3.63, 3.8) is 0 Å². The Kier molecular flexibility index (Phi) is 7.67. The van der Waals surface area contributed by atoms with Crippen molar-refractivity contribution in [2.24, 2.45) is 0 Å². The first-order valence-electron chi connectivity index (χ1n) is 11.4. The van der Waals surface area contributed by atoms with Crippen molar-refractivity contribution < 1.29 is 9.21 Å². The topological polar surface area (TPSA) is 65.7 Å². The molecule has 0 aliphatic carbocycles. The molecule has 8 heteroatoms. The van der Waals surface area contributed by atoms with Crippen LogP contribution in [-0.4, -0.2) is 65.4 Å². The normalized spacial score (nSPS) is 14.5. The van der Waals surface area contributed by atoms with Crippen LogP contribution in [-0.2, 0) is 12.3 Å². The van der Waals surface area contributed by atoms with Crippen LogP contribution in [0.25, 0.3) is 0 Å². The molecule has 0 saturated carbocycles. The zero-order valence-electron chi connectivity index (χ0n) is 19.5. The zero-order chi connectivity index (χ0) is 23.2. The number of hydrogen-bond donors (Lipinski definition) is 0. The van der Waals surface area contributed by atoms with Gasteiger partial charge in [-0.3, -0.25) is 9.69 Å². The molecule has 1 saturated heterocycles. The number of hydrogen-bond acceptors (Lipinski definition) is 7. The van der Waals surface area contributed by atoms with E-state index in [1.807, 2.05) is 19.9 Å². The van der Waals surface area contributed by atoms with Gasteiger partial charge in [-0.1, -0.05) is 42.1 Å². The molecule has 0 N–H and O–H groups in total. The Hall–Kier alpha value is -2.84. The quantitative estimate of drug-likeness (QED) is 0.367. The first kappa shape index (κ1) is 23.3. The fraction of sp³-hybridized carbons (Fsp3) is 0.400. The van der Waals surface area contributed by atoms with Crippen molar-refractivity contribution in [2.75, 3.05) is 44.7 Å². The van der Waals surface area contributed by atoms with Gasteiger partial charge in [0, 0.05) is 58.1 Å². The Labute approximate surface area is 199 Å². The zero-order valence-corrected chi connectivity index (χ0v) is 20.3. The van der Waals surface area contributed by atoms with E-state index in [-0.39, 0.29) is 5.91 Å². The summed E-state index contributed by atoms with van der Waals surface area (Å²) in [6, 6.07) is 16.3. The van der Waals surface area contributed by atoms with Crippen molar-refractivity contribution in [2.45, 2.75) is 31.3 Å². The van der Waals surface area contributed by atoms with Gasteiger partial charge in [-0.15, -0.1) is 0 Å². The lowest BCUT2D eigenvalue weighted by atomic mass is 10.2. The highest BCUT2D eigenvalue weighted by Gasteiger charge is 2.20. The summed E-state index contributed by atoms with van der Waals surface area (Å²) in [6.07, 6.45) is 0. The second-order valence-corrected chi connectivity index (χ2v) is 9.22. The van der Waals surface area contributed by atoms with Crippen LogP contribution >= 0.6 is 11.8 Å². The van der Waals surface area contributed by atoms with Gasteiger partial charge in [0.2, 0.25) is 0 Å². The van der Waals surface area contributed by atoms with Crippen LogP contribution in [0.1, 0.15) is 34.5 Å². The third-order valence-electron chi connectivity index (χ3n) is 5.80. The maximum absolute atomic E-state index is 12.2. The highest BCUT2D eigenvalue weighted by atomic mass is 32.2. The number of nitrogens with zero attached hydrogens (tertiary/aromatic N) is 5. The Morgan fingerprint density at radius 3 is 2.58 bits per heavy atom. The Morgan fingerprint density at radius 2 is 1.85 bits per heavy atom. The number of aryl methyl sites for hydroxylation is 1. The van der Waals surface area contributed by atoms with Gasteiger partial charge < -0.3 is 14.2 Å². The van der Waals surface area contributed by atoms with E-state index in [4.69, 9.17) is 9.40 Å². The molecule has 3 aromatic rings. The number of anilines is 1. The minimum Gasteiger partial charge on any atom is -0.455 e. The second kappa shape index (κ2) is 10.9. The fourth-order valence-electron chi connectivity index (χ4n) is 3.77. The maximum Gasteiger partial charge on any atom is 0.289 e. The van der Waals surface area contributed by atoms with E-state index in [1.165, 1.54) is 17.3 Å². The van der Waals surface area contributed by atoms with E-state index in [2.05, 4.69) is 51.2 Å². The molecule has 1 aromatic carbocycles. The van der Waals surface area contributed by atoms with Gasteiger partial charge in [-0.05, 0) is 31.5 Å². The van der Waals surface area contributed by atoms with Gasteiger partial charge in [0.15, 0.2) is 10.9 Å². The van der Waals surface area contributed by atoms with Crippen molar-refractivity contribution >= 4 is 23.5 Å². The van der Waals surface area contributed by atoms with E-state index in [0.717, 1.165) is 55.2 Å². The Morgan fingerprint density at radius 1 is 1.09 bits per heavy atom. The molecule has 0 spiro atoms. The smallest absolute Gasteiger partial charge is 0.289 e. The first-order valence-corrected chi connectivity index (χ1v) is 12.3. The van der Waals surface area contributed by atoms with Gasteiger partial charge in [-0.2, -0.15) is 0 Å². The lowest BCUT2D eigenvalue weighted by molar-refractivity contribution is 0.0769. The number of aromatic nitrogens is 2. The van der Waals surface area contributed by atoms with Crippen molar-refractivity contribution in [3.05, 3.63) is 71.3 Å². The predicted molar refractivity (Wildman–Crippen MR) is 132 cm³/mol. The second-order valence-electron chi connectivity index (χ2n) is 8.27. The summed E-state index contributed by atoms with van der Waals surface area (Å²) >= 11 is 1.53. The van der Waals surface area contributed by atoms with Gasteiger partial charge in [0.1, 0.15) is 11.6 Å². The van der Waals surface area contributed by atoms with Crippen molar-refractivity contribution in [1.29, 1.82) is 0 Å². The molecular weight excluding hydrogens is 434 g/mol. The molecule has 0 atom stereocenters. The standard InChI is InChI=1S/C25H31N5O2S/c1-4-28(3)24(31)22-11-10-21(32-22)18-33-25-26-19(2)16-23(27-25)30-14-12-29(13-15-30)17-20-8-6-5-7-9-20/h5-11,16H,4,12-15,17-18H2,1-3H3. The third kappa shape index (κ3) is 6.15. The highest BCUT2D eigenvalue weighted by Crippen LogP contribution is 2.25. The van der Waals surface area contributed by atoms with E-state index in [0.29, 0.717) is 18.1 Å². The lowest BCUT2D eigenvalue weighted by Gasteiger charge is -2.35. The number of carbonyl (C=O) groups is 1. The molecular formula is C25H31N5O2S. The molecule has 3 heterocycles. The number of carbonyl (C=O) groups excluding carboxylic acids is 1. The summed E-state index contributed by atoms with van der Waals surface area (Å²) in [4.78, 5) is 28.1. The van der Waals surface area contributed by atoms with Crippen molar-refractivity contribution in [1.82, 2.24) is 19.8 Å². The van der Waals surface area contributed by atoms with Crippen LogP contribution in [0.4, 0.5) is 5.82 Å². The lowest BCUT2D eigenvalue weighted by Crippen LogP contribution is -2.46. The summed E-state index contributed by atoms with van der Waals surface area (Å²) in [6.45, 7) is 9.48. The van der Waals surface area contributed by atoms with Crippen LogP contribution in [0.2, 0.25) is 0 Å². The molecule has 7 nitrogen and oxygen atoms in total. The predicted octanol–water partition coefficient (Wildman–Crippen LogP) is 4.08. The first-order chi connectivity index (χ1) is 16.0. The minimum atomic E-state index is -0.103. The Balaban J connectivity index is 1.34.